The number of nitrogens with two attached hydrogens (primary N) is 1. The zero-order valence-corrected chi connectivity index (χ0v) is 11.7. The summed E-state index contributed by atoms with van der Waals surface area (Å²) in [6.07, 6.45) is 1.40. The molecule has 1 aliphatic rings. The maximum Gasteiger partial charge on any atom is 0.237 e. The van der Waals surface area contributed by atoms with Crippen LogP contribution < -0.4 is 20.5 Å². The third-order valence-electron chi connectivity index (χ3n) is 3.31. The number of nitrogens with one attached hydrogen (secondary N) is 1. The summed E-state index contributed by atoms with van der Waals surface area (Å²) in [5, 5.41) is 2.81. The van der Waals surface area contributed by atoms with E-state index in [0.29, 0.717) is 30.0 Å². The van der Waals surface area contributed by atoms with E-state index in [4.69, 9.17) is 27.4 Å². The molecule has 2 rings (SSSR count). The van der Waals surface area contributed by atoms with Gasteiger partial charge in [0, 0.05) is 6.07 Å². The number of benzene rings is 1. The van der Waals surface area contributed by atoms with E-state index >= 15 is 0 Å². The predicted octanol–water partition coefficient (Wildman–Crippen LogP) is 1.71. The Kier molecular flexibility index (Phi) is 3.61. The molecule has 0 saturated heterocycles. The van der Waals surface area contributed by atoms with Gasteiger partial charge in [0.15, 0.2) is 0 Å². The van der Waals surface area contributed by atoms with Gasteiger partial charge in [0.1, 0.15) is 11.5 Å². The molecule has 6 heteroatoms. The van der Waals surface area contributed by atoms with E-state index in [1.807, 2.05) is 0 Å². The van der Waals surface area contributed by atoms with E-state index in [9.17, 15) is 4.79 Å². The fourth-order valence-corrected chi connectivity index (χ4v) is 2.15. The van der Waals surface area contributed by atoms with Crippen molar-refractivity contribution in [2.24, 2.45) is 11.1 Å². The summed E-state index contributed by atoms with van der Waals surface area (Å²) in [6.45, 7) is 0. The van der Waals surface area contributed by atoms with Gasteiger partial charge in [-0.2, -0.15) is 0 Å². The third kappa shape index (κ3) is 2.49. The second-order valence-corrected chi connectivity index (χ2v) is 4.91. The van der Waals surface area contributed by atoms with E-state index < -0.39 is 5.41 Å². The molecule has 1 aliphatic carbocycles. The number of carbonyl (C=O) groups is 1. The highest BCUT2D eigenvalue weighted by Crippen LogP contribution is 2.47. The summed E-state index contributed by atoms with van der Waals surface area (Å²) < 4.78 is 10.3. The van der Waals surface area contributed by atoms with Crippen LogP contribution in [0.25, 0.3) is 0 Å². The molecule has 1 amide bonds. The molecule has 5 nitrogen and oxygen atoms in total. The monoisotopic (exact) mass is 280 g/mol. The molecule has 0 spiro atoms. The van der Waals surface area contributed by atoms with Gasteiger partial charge in [-0.15, -0.1) is 0 Å². The van der Waals surface area contributed by atoms with Gasteiger partial charge in [-0.25, -0.2) is 0 Å². The second kappa shape index (κ2) is 5.05. The van der Waals surface area contributed by atoms with Crippen LogP contribution in [0.1, 0.15) is 12.8 Å². The van der Waals surface area contributed by atoms with Gasteiger partial charge < -0.3 is 20.5 Å². The van der Waals surface area contributed by atoms with E-state index in [1.165, 1.54) is 7.11 Å². The number of hydrogen-bond acceptors (Lipinski definition) is 4. The summed E-state index contributed by atoms with van der Waals surface area (Å²) >= 11 is 4.95. The molecular formula is C13H16N2O3S. The number of anilines is 1. The lowest BCUT2D eigenvalue weighted by molar-refractivity contribution is -0.118. The third-order valence-corrected chi connectivity index (χ3v) is 3.70. The minimum Gasteiger partial charge on any atom is -0.497 e. The van der Waals surface area contributed by atoms with E-state index in [1.54, 1.807) is 25.3 Å². The van der Waals surface area contributed by atoms with Gasteiger partial charge in [0.25, 0.3) is 0 Å². The molecular weight excluding hydrogens is 264 g/mol. The first-order valence-electron chi connectivity index (χ1n) is 5.87. The van der Waals surface area contributed by atoms with E-state index in [0.717, 1.165) is 0 Å². The van der Waals surface area contributed by atoms with Gasteiger partial charge in [-0.3, -0.25) is 4.79 Å². The van der Waals surface area contributed by atoms with Crippen LogP contribution in [0.5, 0.6) is 11.5 Å². The van der Waals surface area contributed by atoms with Gasteiger partial charge in [0.05, 0.1) is 30.3 Å². The Bertz CT molecular complexity index is 527. The summed E-state index contributed by atoms with van der Waals surface area (Å²) in [6, 6.07) is 5.18. The van der Waals surface area contributed by atoms with Crippen molar-refractivity contribution < 1.29 is 14.3 Å². The van der Waals surface area contributed by atoms with Crippen molar-refractivity contribution in [1.82, 2.24) is 0 Å². The first-order chi connectivity index (χ1) is 9.03. The molecule has 0 unspecified atom stereocenters. The Morgan fingerprint density at radius 2 is 2.05 bits per heavy atom. The number of hydrogen-bond donors (Lipinski definition) is 2. The summed E-state index contributed by atoms with van der Waals surface area (Å²) in [7, 11) is 3.10. The molecule has 0 atom stereocenters. The zero-order valence-electron chi connectivity index (χ0n) is 10.9. The number of methoxy groups -OCH3 is 2. The topological polar surface area (TPSA) is 73.6 Å². The molecule has 19 heavy (non-hydrogen) atoms. The Balaban J connectivity index is 2.20. The van der Waals surface area contributed by atoms with Gasteiger partial charge in [-0.1, -0.05) is 12.2 Å². The average Bonchev–Trinajstić information content (AvgIpc) is 3.20. The smallest absolute Gasteiger partial charge is 0.237 e. The lowest BCUT2D eigenvalue weighted by Gasteiger charge is -2.16. The Morgan fingerprint density at radius 1 is 1.37 bits per heavy atom. The first-order valence-corrected chi connectivity index (χ1v) is 6.28. The maximum atomic E-state index is 12.2. The predicted molar refractivity (Wildman–Crippen MR) is 76.6 cm³/mol. The molecule has 0 aliphatic heterocycles. The Hall–Kier alpha value is -1.82. The van der Waals surface area contributed by atoms with Gasteiger partial charge in [-0.05, 0) is 25.0 Å². The van der Waals surface area contributed by atoms with Crippen molar-refractivity contribution in [2.45, 2.75) is 12.8 Å². The molecule has 1 saturated carbocycles. The summed E-state index contributed by atoms with van der Waals surface area (Å²) in [4.78, 5) is 12.4. The van der Waals surface area contributed by atoms with Crippen molar-refractivity contribution in [3.05, 3.63) is 18.2 Å². The molecule has 0 radical (unpaired) electrons. The molecule has 3 N–H and O–H groups in total. The highest BCUT2D eigenvalue weighted by atomic mass is 32.1. The van der Waals surface area contributed by atoms with Crippen LogP contribution in [-0.4, -0.2) is 25.1 Å². The molecule has 1 aromatic rings. The van der Waals surface area contributed by atoms with Gasteiger partial charge >= 0.3 is 0 Å². The molecule has 1 aromatic carbocycles. The summed E-state index contributed by atoms with van der Waals surface area (Å²) in [5.41, 5.74) is 5.52. The molecule has 102 valence electrons. The standard InChI is InChI=1S/C13H16N2O3S/c1-17-8-3-4-9(10(7-8)18-2)15-12(16)13(5-6-13)11(14)19/h3-4,7H,5-6H2,1-2H3,(H2,14,19)(H,15,16). The van der Waals surface area contributed by atoms with Crippen molar-refractivity contribution in [2.75, 3.05) is 19.5 Å². The minimum absolute atomic E-state index is 0.177. The summed E-state index contributed by atoms with van der Waals surface area (Å²) in [5.74, 6) is 1.01. The van der Waals surface area contributed by atoms with Gasteiger partial charge in [0.2, 0.25) is 5.91 Å². The fourth-order valence-electron chi connectivity index (χ4n) is 1.85. The number of ether oxygens (including phenoxy) is 2. The highest BCUT2D eigenvalue weighted by Gasteiger charge is 2.52. The number of amides is 1. The maximum absolute atomic E-state index is 12.2. The largest absolute Gasteiger partial charge is 0.497 e. The van der Waals surface area contributed by atoms with Crippen LogP contribution in [0.15, 0.2) is 18.2 Å². The van der Waals surface area contributed by atoms with Crippen molar-refractivity contribution in [3.63, 3.8) is 0 Å². The van der Waals surface area contributed by atoms with E-state index in [2.05, 4.69) is 5.32 Å². The Morgan fingerprint density at radius 3 is 2.53 bits per heavy atom. The molecule has 0 aromatic heterocycles. The Labute approximate surface area is 117 Å². The SMILES string of the molecule is COc1ccc(NC(=O)C2(C(N)=S)CC2)c(OC)c1. The van der Waals surface area contributed by atoms with Crippen molar-refractivity contribution >= 4 is 28.8 Å². The van der Waals surface area contributed by atoms with Crippen LogP contribution in [0, 0.1) is 5.41 Å². The van der Waals surface area contributed by atoms with Crippen molar-refractivity contribution in [1.29, 1.82) is 0 Å². The highest BCUT2D eigenvalue weighted by molar-refractivity contribution is 7.80. The fraction of sp³-hybridized carbons (Fsp3) is 0.385. The second-order valence-electron chi connectivity index (χ2n) is 4.47. The number of carbonyl (C=O) groups excluding carboxylic acids is 1. The quantitative estimate of drug-likeness (QED) is 0.803. The lowest BCUT2D eigenvalue weighted by atomic mass is 10.1. The van der Waals surface area contributed by atoms with E-state index in [-0.39, 0.29) is 10.9 Å². The molecule has 0 heterocycles. The zero-order chi connectivity index (χ0) is 14.0. The number of rotatable bonds is 5. The number of thiocarbonyl (C=S) groups is 1. The average molecular weight is 280 g/mol. The van der Waals surface area contributed by atoms with Crippen LogP contribution in [-0.2, 0) is 4.79 Å². The molecule has 0 bridgehead atoms. The lowest BCUT2D eigenvalue weighted by Crippen LogP contribution is -2.35. The van der Waals surface area contributed by atoms with Crippen LogP contribution in [0.2, 0.25) is 0 Å². The minimum atomic E-state index is -0.680. The molecule has 1 fully saturated rings. The van der Waals surface area contributed by atoms with Crippen LogP contribution in [0.4, 0.5) is 5.69 Å². The van der Waals surface area contributed by atoms with Crippen LogP contribution >= 0.6 is 12.2 Å². The van der Waals surface area contributed by atoms with Crippen molar-refractivity contribution in [3.8, 4) is 11.5 Å². The van der Waals surface area contributed by atoms with Crippen LogP contribution in [0.3, 0.4) is 0 Å². The first kappa shape index (κ1) is 13.6. The normalized spacial score (nSPS) is 15.5.